The number of ether oxygens (including phenoxy) is 4. The molecule has 0 radical (unpaired) electrons. The minimum Gasteiger partial charge on any atom is -0.379 e. The molecule has 0 aromatic carbocycles. The zero-order chi connectivity index (χ0) is 25.4. The van der Waals surface area contributed by atoms with Gasteiger partial charge >= 0.3 is 0 Å². The van der Waals surface area contributed by atoms with Crippen molar-refractivity contribution in [3.63, 3.8) is 0 Å². The van der Waals surface area contributed by atoms with E-state index in [1.54, 1.807) is 0 Å². The van der Waals surface area contributed by atoms with Crippen molar-refractivity contribution >= 4 is 0 Å². The fraction of sp³-hybridized carbons (Fsp3) is 1.00. The zero-order valence-electron chi connectivity index (χ0n) is 24.2. The topological polar surface area (TPSA) is 36.9 Å². The number of hydrogen-bond acceptors (Lipinski definition) is 4. The second-order valence-electron chi connectivity index (χ2n) is 12.2. The van der Waals surface area contributed by atoms with Gasteiger partial charge in [-0.2, -0.15) is 0 Å². The molecule has 0 heterocycles. The minimum atomic E-state index is -0.197. The third kappa shape index (κ3) is 22.1. The van der Waals surface area contributed by atoms with Gasteiger partial charge in [0.05, 0.1) is 29.0 Å². The normalized spacial score (nSPS) is 14.3. The van der Waals surface area contributed by atoms with Crippen LogP contribution in [0.3, 0.4) is 0 Å². The fourth-order valence-corrected chi connectivity index (χ4v) is 3.78. The molecule has 0 aliphatic rings. The van der Waals surface area contributed by atoms with Crippen molar-refractivity contribution in [3.8, 4) is 0 Å². The Morgan fingerprint density at radius 2 is 1.18 bits per heavy atom. The Kier molecular flexibility index (Phi) is 17.2. The monoisotopic (exact) mass is 472 g/mol. The van der Waals surface area contributed by atoms with E-state index in [9.17, 15) is 0 Å². The molecule has 0 rings (SSSR count). The Morgan fingerprint density at radius 3 is 1.76 bits per heavy atom. The maximum absolute atomic E-state index is 6.64. The fourth-order valence-electron chi connectivity index (χ4n) is 3.78. The lowest BCUT2D eigenvalue weighted by Gasteiger charge is -2.33. The van der Waals surface area contributed by atoms with Gasteiger partial charge < -0.3 is 18.9 Å². The highest BCUT2D eigenvalue weighted by atomic mass is 16.5. The summed E-state index contributed by atoms with van der Waals surface area (Å²) >= 11 is 0. The van der Waals surface area contributed by atoms with Gasteiger partial charge in [-0.05, 0) is 88.0 Å². The van der Waals surface area contributed by atoms with Crippen LogP contribution in [0.5, 0.6) is 0 Å². The quantitative estimate of drug-likeness (QED) is 0.157. The molecule has 200 valence electrons. The van der Waals surface area contributed by atoms with Crippen molar-refractivity contribution in [2.24, 2.45) is 0 Å². The lowest BCUT2D eigenvalue weighted by molar-refractivity contribution is -0.117. The standard InChI is InChI=1S/C29H60O4/c1-11-12-13-14-15-16-17-18-26(33-29(9,10)21-24-31-27(4,5)6)19-22-32-28(7,8)20-23-30-25(2)3/h25-26H,11-24H2,1-10H3. The van der Waals surface area contributed by atoms with E-state index in [1.165, 1.54) is 44.9 Å². The molecule has 0 saturated carbocycles. The van der Waals surface area contributed by atoms with Crippen LogP contribution in [-0.4, -0.2) is 48.8 Å². The Morgan fingerprint density at radius 1 is 0.606 bits per heavy atom. The predicted molar refractivity (Wildman–Crippen MR) is 142 cm³/mol. The van der Waals surface area contributed by atoms with Gasteiger partial charge in [-0.25, -0.2) is 0 Å². The van der Waals surface area contributed by atoms with Gasteiger partial charge in [0.1, 0.15) is 0 Å². The van der Waals surface area contributed by atoms with Crippen LogP contribution < -0.4 is 0 Å². The summed E-state index contributed by atoms with van der Waals surface area (Å²) in [5, 5.41) is 0. The second kappa shape index (κ2) is 17.3. The molecule has 0 fully saturated rings. The summed E-state index contributed by atoms with van der Waals surface area (Å²) < 4.78 is 24.6. The third-order valence-corrected chi connectivity index (χ3v) is 5.94. The largest absolute Gasteiger partial charge is 0.379 e. The molecule has 4 heteroatoms. The van der Waals surface area contributed by atoms with Gasteiger partial charge in [-0.3, -0.25) is 0 Å². The van der Waals surface area contributed by atoms with Crippen LogP contribution in [-0.2, 0) is 18.9 Å². The van der Waals surface area contributed by atoms with Crippen molar-refractivity contribution in [2.45, 2.75) is 169 Å². The van der Waals surface area contributed by atoms with Crippen molar-refractivity contribution in [1.29, 1.82) is 0 Å². The molecule has 1 atom stereocenters. The number of rotatable bonds is 21. The lowest BCUT2D eigenvalue weighted by atomic mass is 10.0. The Bertz CT molecular complexity index is 451. The third-order valence-electron chi connectivity index (χ3n) is 5.94. The van der Waals surface area contributed by atoms with Gasteiger partial charge in [-0.15, -0.1) is 0 Å². The molecular weight excluding hydrogens is 412 g/mol. The van der Waals surface area contributed by atoms with Crippen LogP contribution in [0.15, 0.2) is 0 Å². The van der Waals surface area contributed by atoms with E-state index >= 15 is 0 Å². The van der Waals surface area contributed by atoms with Gasteiger partial charge in [0.15, 0.2) is 0 Å². The first kappa shape index (κ1) is 32.8. The maximum atomic E-state index is 6.64. The highest BCUT2D eigenvalue weighted by Gasteiger charge is 2.26. The van der Waals surface area contributed by atoms with Crippen LogP contribution in [0.4, 0.5) is 0 Å². The molecule has 33 heavy (non-hydrogen) atoms. The molecule has 0 amide bonds. The average Bonchev–Trinajstić information content (AvgIpc) is 2.64. The molecule has 4 nitrogen and oxygen atoms in total. The van der Waals surface area contributed by atoms with Gasteiger partial charge in [0.25, 0.3) is 0 Å². The van der Waals surface area contributed by atoms with Crippen molar-refractivity contribution < 1.29 is 18.9 Å². The highest BCUT2D eigenvalue weighted by Crippen LogP contribution is 2.24. The highest BCUT2D eigenvalue weighted by molar-refractivity contribution is 4.74. The number of unbranched alkanes of at least 4 members (excludes halogenated alkanes) is 6. The zero-order valence-corrected chi connectivity index (χ0v) is 24.2. The first-order chi connectivity index (χ1) is 15.3. The average molecular weight is 473 g/mol. The van der Waals surface area contributed by atoms with E-state index < -0.39 is 0 Å². The van der Waals surface area contributed by atoms with Crippen molar-refractivity contribution in [1.82, 2.24) is 0 Å². The van der Waals surface area contributed by atoms with E-state index in [0.29, 0.717) is 0 Å². The Hall–Kier alpha value is -0.160. The molecule has 0 spiro atoms. The summed E-state index contributed by atoms with van der Waals surface area (Å²) in [6.45, 7) is 23.7. The van der Waals surface area contributed by atoms with Crippen LogP contribution >= 0.6 is 0 Å². The van der Waals surface area contributed by atoms with E-state index in [4.69, 9.17) is 18.9 Å². The summed E-state index contributed by atoms with van der Waals surface area (Å²) in [4.78, 5) is 0. The summed E-state index contributed by atoms with van der Waals surface area (Å²) in [5.41, 5.74) is -0.474. The molecular formula is C29H60O4. The summed E-state index contributed by atoms with van der Waals surface area (Å²) in [5.74, 6) is 0. The Labute approximate surface area is 207 Å². The molecule has 0 N–H and O–H groups in total. The molecule has 0 aromatic heterocycles. The van der Waals surface area contributed by atoms with Crippen LogP contribution in [0, 0.1) is 0 Å². The SMILES string of the molecule is CCCCCCCCCC(CCOC(C)(C)CCOC(C)C)OC(C)(C)CCOC(C)(C)C. The Balaban J connectivity index is 4.60. The van der Waals surface area contributed by atoms with Crippen molar-refractivity contribution in [3.05, 3.63) is 0 Å². The van der Waals surface area contributed by atoms with E-state index in [-0.39, 0.29) is 29.0 Å². The molecule has 0 aliphatic heterocycles. The molecule has 0 bridgehead atoms. The second-order valence-corrected chi connectivity index (χ2v) is 12.2. The molecule has 0 aromatic rings. The van der Waals surface area contributed by atoms with Crippen LogP contribution in [0.1, 0.15) is 140 Å². The molecule has 0 saturated heterocycles. The lowest BCUT2D eigenvalue weighted by Crippen LogP contribution is -2.35. The summed E-state index contributed by atoms with van der Waals surface area (Å²) in [7, 11) is 0. The van der Waals surface area contributed by atoms with Gasteiger partial charge in [0, 0.05) is 19.8 Å². The minimum absolute atomic E-state index is 0.105. The number of hydrogen-bond donors (Lipinski definition) is 0. The van der Waals surface area contributed by atoms with Crippen LogP contribution in [0.25, 0.3) is 0 Å². The maximum Gasteiger partial charge on any atom is 0.0652 e. The van der Waals surface area contributed by atoms with Crippen molar-refractivity contribution in [2.75, 3.05) is 19.8 Å². The predicted octanol–water partition coefficient (Wildman–Crippen LogP) is 8.50. The smallest absolute Gasteiger partial charge is 0.0652 e. The van der Waals surface area contributed by atoms with Gasteiger partial charge in [0.2, 0.25) is 0 Å². The summed E-state index contributed by atoms with van der Waals surface area (Å²) in [6.07, 6.45) is 13.6. The van der Waals surface area contributed by atoms with Gasteiger partial charge in [-0.1, -0.05) is 51.9 Å². The molecule has 0 aliphatic carbocycles. The van der Waals surface area contributed by atoms with E-state index in [1.807, 2.05) is 0 Å². The summed E-state index contributed by atoms with van der Waals surface area (Å²) in [6, 6.07) is 0. The van der Waals surface area contributed by atoms with E-state index in [2.05, 4.69) is 69.2 Å². The van der Waals surface area contributed by atoms with Crippen LogP contribution in [0.2, 0.25) is 0 Å². The molecule has 1 unspecified atom stereocenters. The first-order valence-corrected chi connectivity index (χ1v) is 13.8. The van der Waals surface area contributed by atoms with E-state index in [0.717, 1.165) is 45.5 Å². The first-order valence-electron chi connectivity index (χ1n) is 13.8.